The lowest BCUT2D eigenvalue weighted by Gasteiger charge is -2.02. The zero-order valence-corrected chi connectivity index (χ0v) is 10.8. The van der Waals surface area contributed by atoms with Gasteiger partial charge in [-0.25, -0.2) is 4.98 Å². The van der Waals surface area contributed by atoms with Gasteiger partial charge in [0.25, 0.3) is 0 Å². The molecule has 0 fully saturated rings. The summed E-state index contributed by atoms with van der Waals surface area (Å²) < 4.78 is 5.13. The minimum Gasteiger partial charge on any atom is -0.380 e. The summed E-state index contributed by atoms with van der Waals surface area (Å²) in [4.78, 5) is 4.53. The Morgan fingerprint density at radius 3 is 2.94 bits per heavy atom. The van der Waals surface area contributed by atoms with E-state index in [1.54, 1.807) is 18.4 Å². The Bertz CT molecular complexity index is 494. The van der Waals surface area contributed by atoms with Gasteiger partial charge in [-0.1, -0.05) is 18.2 Å². The van der Waals surface area contributed by atoms with Gasteiger partial charge in [0.1, 0.15) is 5.01 Å². The van der Waals surface area contributed by atoms with Crippen molar-refractivity contribution in [3.8, 4) is 10.6 Å². The SMILES string of the molecule is COCc1cccc(-c2nc(C(C)N)cs2)c1. The number of hydrogen-bond donors (Lipinski definition) is 1. The molecule has 2 rings (SSSR count). The Labute approximate surface area is 105 Å². The van der Waals surface area contributed by atoms with Crippen LogP contribution in [0.3, 0.4) is 0 Å². The number of benzene rings is 1. The zero-order valence-electron chi connectivity index (χ0n) is 10.0. The molecule has 1 atom stereocenters. The summed E-state index contributed by atoms with van der Waals surface area (Å²) in [5.41, 5.74) is 9.03. The molecule has 0 aliphatic rings. The van der Waals surface area contributed by atoms with Crippen LogP contribution in [0.25, 0.3) is 10.6 Å². The van der Waals surface area contributed by atoms with E-state index in [1.807, 2.05) is 24.4 Å². The average Bonchev–Trinajstić information content (AvgIpc) is 2.79. The van der Waals surface area contributed by atoms with E-state index in [-0.39, 0.29) is 6.04 Å². The first-order chi connectivity index (χ1) is 8.20. The van der Waals surface area contributed by atoms with Crippen LogP contribution in [0.4, 0.5) is 0 Å². The van der Waals surface area contributed by atoms with Crippen molar-refractivity contribution >= 4 is 11.3 Å². The molecule has 0 saturated carbocycles. The Kier molecular flexibility index (Phi) is 3.89. The van der Waals surface area contributed by atoms with E-state index in [0.29, 0.717) is 6.61 Å². The maximum absolute atomic E-state index is 5.81. The van der Waals surface area contributed by atoms with Crippen molar-refractivity contribution in [1.29, 1.82) is 0 Å². The molecule has 3 nitrogen and oxygen atoms in total. The second-order valence-corrected chi connectivity index (χ2v) is 4.86. The number of nitrogens with two attached hydrogens (primary N) is 1. The van der Waals surface area contributed by atoms with Crippen molar-refractivity contribution in [1.82, 2.24) is 4.98 Å². The molecule has 0 radical (unpaired) electrons. The van der Waals surface area contributed by atoms with Gasteiger partial charge in [0, 0.05) is 24.1 Å². The zero-order chi connectivity index (χ0) is 12.3. The molecule has 0 saturated heterocycles. The first-order valence-electron chi connectivity index (χ1n) is 5.50. The third-order valence-electron chi connectivity index (χ3n) is 2.47. The lowest BCUT2D eigenvalue weighted by atomic mass is 10.1. The molecular weight excluding hydrogens is 232 g/mol. The average molecular weight is 248 g/mol. The van der Waals surface area contributed by atoms with Gasteiger partial charge in [0.2, 0.25) is 0 Å². The summed E-state index contributed by atoms with van der Waals surface area (Å²) in [7, 11) is 1.70. The van der Waals surface area contributed by atoms with Gasteiger partial charge in [-0.2, -0.15) is 0 Å². The first-order valence-corrected chi connectivity index (χ1v) is 6.38. The number of thiazole rings is 1. The van der Waals surface area contributed by atoms with Crippen molar-refractivity contribution in [2.24, 2.45) is 5.73 Å². The van der Waals surface area contributed by atoms with Crippen LogP contribution >= 0.6 is 11.3 Å². The largest absolute Gasteiger partial charge is 0.380 e. The van der Waals surface area contributed by atoms with E-state index in [4.69, 9.17) is 10.5 Å². The highest BCUT2D eigenvalue weighted by Crippen LogP contribution is 2.26. The van der Waals surface area contributed by atoms with Crippen LogP contribution in [0, 0.1) is 0 Å². The van der Waals surface area contributed by atoms with Gasteiger partial charge in [-0.3, -0.25) is 0 Å². The van der Waals surface area contributed by atoms with E-state index in [0.717, 1.165) is 21.8 Å². The maximum atomic E-state index is 5.81. The normalized spacial score (nSPS) is 12.6. The first kappa shape index (κ1) is 12.2. The molecule has 2 aromatic rings. The summed E-state index contributed by atoms with van der Waals surface area (Å²) >= 11 is 1.63. The fraction of sp³-hybridized carbons (Fsp3) is 0.308. The molecule has 1 aromatic carbocycles. The summed E-state index contributed by atoms with van der Waals surface area (Å²) in [6, 6.07) is 8.22. The van der Waals surface area contributed by atoms with Crippen LogP contribution in [0.1, 0.15) is 24.2 Å². The second kappa shape index (κ2) is 5.40. The standard InChI is InChI=1S/C13H16N2OS/c1-9(14)12-8-17-13(15-12)11-5-3-4-10(6-11)7-16-2/h3-6,8-9H,7,14H2,1-2H3. The smallest absolute Gasteiger partial charge is 0.123 e. The predicted octanol–water partition coefficient (Wildman–Crippen LogP) is 2.98. The van der Waals surface area contributed by atoms with Gasteiger partial charge < -0.3 is 10.5 Å². The van der Waals surface area contributed by atoms with Gasteiger partial charge >= 0.3 is 0 Å². The van der Waals surface area contributed by atoms with E-state index in [1.165, 1.54) is 0 Å². The number of hydrogen-bond acceptors (Lipinski definition) is 4. The molecule has 1 unspecified atom stereocenters. The van der Waals surface area contributed by atoms with E-state index in [9.17, 15) is 0 Å². The fourth-order valence-corrected chi connectivity index (χ4v) is 2.51. The third-order valence-corrected chi connectivity index (χ3v) is 3.38. The predicted molar refractivity (Wildman–Crippen MR) is 70.9 cm³/mol. The lowest BCUT2D eigenvalue weighted by molar-refractivity contribution is 0.185. The molecule has 0 aliphatic heterocycles. The highest BCUT2D eigenvalue weighted by atomic mass is 32.1. The van der Waals surface area contributed by atoms with Crippen LogP contribution < -0.4 is 5.73 Å². The van der Waals surface area contributed by atoms with Crippen LogP contribution in [-0.2, 0) is 11.3 Å². The highest BCUT2D eigenvalue weighted by molar-refractivity contribution is 7.13. The van der Waals surface area contributed by atoms with Gasteiger partial charge in [0.15, 0.2) is 0 Å². The number of methoxy groups -OCH3 is 1. The molecule has 0 aliphatic carbocycles. The van der Waals surface area contributed by atoms with E-state index >= 15 is 0 Å². The second-order valence-electron chi connectivity index (χ2n) is 4.00. The van der Waals surface area contributed by atoms with Crippen molar-refractivity contribution in [3.05, 3.63) is 40.9 Å². The minimum atomic E-state index is -0.0119. The Morgan fingerprint density at radius 1 is 1.47 bits per heavy atom. The summed E-state index contributed by atoms with van der Waals surface area (Å²) in [6.07, 6.45) is 0. The molecule has 1 heterocycles. The molecule has 4 heteroatoms. The lowest BCUT2D eigenvalue weighted by Crippen LogP contribution is -2.04. The fourth-order valence-electron chi connectivity index (χ4n) is 1.59. The van der Waals surface area contributed by atoms with Gasteiger partial charge in [-0.15, -0.1) is 11.3 Å². The molecule has 0 amide bonds. The molecule has 17 heavy (non-hydrogen) atoms. The molecule has 0 spiro atoms. The van der Waals surface area contributed by atoms with Crippen molar-refractivity contribution < 1.29 is 4.74 Å². The Morgan fingerprint density at radius 2 is 2.29 bits per heavy atom. The minimum absolute atomic E-state index is 0.0119. The van der Waals surface area contributed by atoms with Gasteiger partial charge in [-0.05, 0) is 18.6 Å². The molecule has 90 valence electrons. The van der Waals surface area contributed by atoms with Crippen LogP contribution in [-0.4, -0.2) is 12.1 Å². The van der Waals surface area contributed by atoms with E-state index in [2.05, 4.69) is 17.1 Å². The summed E-state index contributed by atoms with van der Waals surface area (Å²) in [6.45, 7) is 2.57. The maximum Gasteiger partial charge on any atom is 0.123 e. The number of rotatable bonds is 4. The van der Waals surface area contributed by atoms with Crippen LogP contribution in [0.2, 0.25) is 0 Å². The summed E-state index contributed by atoms with van der Waals surface area (Å²) in [5, 5.41) is 3.03. The molecule has 2 N–H and O–H groups in total. The van der Waals surface area contributed by atoms with Crippen LogP contribution in [0.5, 0.6) is 0 Å². The highest BCUT2D eigenvalue weighted by Gasteiger charge is 2.07. The monoisotopic (exact) mass is 248 g/mol. The van der Waals surface area contributed by atoms with Crippen molar-refractivity contribution in [3.63, 3.8) is 0 Å². The van der Waals surface area contributed by atoms with Crippen LogP contribution in [0.15, 0.2) is 29.6 Å². The third kappa shape index (κ3) is 2.91. The quantitative estimate of drug-likeness (QED) is 0.905. The number of ether oxygens (including phenoxy) is 1. The molecule has 0 bridgehead atoms. The molecule has 1 aromatic heterocycles. The summed E-state index contributed by atoms with van der Waals surface area (Å²) in [5.74, 6) is 0. The van der Waals surface area contributed by atoms with E-state index < -0.39 is 0 Å². The number of aromatic nitrogens is 1. The molecular formula is C13H16N2OS. The number of nitrogens with zero attached hydrogens (tertiary/aromatic N) is 1. The topological polar surface area (TPSA) is 48.1 Å². The van der Waals surface area contributed by atoms with Crippen molar-refractivity contribution in [2.45, 2.75) is 19.6 Å². The van der Waals surface area contributed by atoms with Gasteiger partial charge in [0.05, 0.1) is 12.3 Å². The van der Waals surface area contributed by atoms with Crippen molar-refractivity contribution in [2.75, 3.05) is 7.11 Å². The Hall–Kier alpha value is -1.23. The Balaban J connectivity index is 2.28.